The van der Waals surface area contributed by atoms with E-state index in [9.17, 15) is 8.78 Å². The lowest BCUT2D eigenvalue weighted by molar-refractivity contribution is 0.454. The van der Waals surface area contributed by atoms with Gasteiger partial charge in [-0.1, -0.05) is 0 Å². The second-order valence-corrected chi connectivity index (χ2v) is 0.944. The lowest BCUT2D eigenvalue weighted by atomic mass is 11.2. The summed E-state index contributed by atoms with van der Waals surface area (Å²) in [5.74, 6) is 0. The number of rotatable bonds is 0. The van der Waals surface area contributed by atoms with Crippen LogP contribution in [0.15, 0.2) is 12.7 Å². The first-order valence-corrected chi connectivity index (χ1v) is 2.37. The molecule has 0 aromatic heterocycles. The molecule has 0 saturated carbocycles. The third-order valence-electron chi connectivity index (χ3n) is 0.0476. The molecule has 50 valence electrons. The highest BCUT2D eigenvalue weighted by Gasteiger charge is 1.62. The van der Waals surface area contributed by atoms with Crippen molar-refractivity contribution < 1.29 is 22.1 Å². The quantitative estimate of drug-likeness (QED) is 0.502. The summed E-state index contributed by atoms with van der Waals surface area (Å²) in [6.45, 7) is 0. The van der Waals surface area contributed by atoms with Crippen molar-refractivity contribution in [1.82, 2.24) is 0 Å². The highest BCUT2D eigenvalue weighted by atomic mass is 32.2. The summed E-state index contributed by atoms with van der Waals surface area (Å²) in [5.41, 5.74) is 0. The van der Waals surface area contributed by atoms with E-state index in [-0.39, 0.29) is 12.7 Å². The maximum Gasteiger partial charge on any atom is 0.299 e. The summed E-state index contributed by atoms with van der Waals surface area (Å²) in [7, 11) is 0. The smallest absolute Gasteiger partial charge is 0.284 e. The van der Waals surface area contributed by atoms with Crippen molar-refractivity contribution in [3.8, 4) is 0 Å². The lowest BCUT2D eigenvalue weighted by Gasteiger charge is -1.59. The van der Waals surface area contributed by atoms with Crippen LogP contribution in [0.25, 0.3) is 0 Å². The first-order chi connectivity index (χ1) is 3.65. The highest BCUT2D eigenvalue weighted by molar-refractivity contribution is 7.73. The summed E-state index contributed by atoms with van der Waals surface area (Å²) < 4.78 is 43.2. The molecule has 0 aliphatic rings. The van der Waals surface area contributed by atoms with Gasteiger partial charge in [-0.15, -0.1) is 0 Å². The molecule has 0 radical (unpaired) electrons. The van der Waals surface area contributed by atoms with Crippen LogP contribution in [0.3, 0.4) is 0 Å². The van der Waals surface area contributed by atoms with Crippen LogP contribution in [-0.2, 0) is 11.4 Å². The molecule has 0 unspecified atom stereocenters. The largest absolute Gasteiger partial charge is 0.299 e. The van der Waals surface area contributed by atoms with Crippen LogP contribution < -0.4 is 0 Å². The van der Waals surface area contributed by atoms with Crippen molar-refractivity contribution in [2.45, 2.75) is 0 Å². The summed E-state index contributed by atoms with van der Waals surface area (Å²) in [6, 6.07) is 0. The normalized spacial score (nSPS) is 9.12. The molecule has 0 heterocycles. The summed E-state index contributed by atoms with van der Waals surface area (Å²) >= 11 is -2.61. The van der Waals surface area contributed by atoms with Crippen molar-refractivity contribution in [2.24, 2.45) is 0 Å². The van der Waals surface area contributed by atoms with Crippen LogP contribution in [-0.4, -0.2) is 13.3 Å². The molecule has 8 heavy (non-hydrogen) atoms. The van der Waals surface area contributed by atoms with Gasteiger partial charge in [-0.3, -0.25) is 9.11 Å². The molecule has 2 N–H and O–H groups in total. The zero-order chi connectivity index (χ0) is 6.99. The molecule has 0 aromatic rings. The fourth-order valence-corrected chi connectivity index (χ4v) is 0. The second-order valence-electron chi connectivity index (χ2n) is 0.483. The number of hydrogen-bond acceptors (Lipinski definition) is 1. The molecule has 0 bridgehead atoms. The maximum absolute atomic E-state index is 10.2. The van der Waals surface area contributed by atoms with Crippen LogP contribution in [0.1, 0.15) is 0 Å². The standard InChI is InChI=1S/C2H2F2.H2O3S/c3-1-2-4;1-4(2)3/h1-2H;(H2,1,2,3). The summed E-state index contributed by atoms with van der Waals surface area (Å²) in [4.78, 5) is 0. The number of hydrogen-bond donors (Lipinski definition) is 2. The third-order valence-corrected chi connectivity index (χ3v) is 0.0476. The van der Waals surface area contributed by atoms with Gasteiger partial charge in [-0.05, 0) is 0 Å². The lowest BCUT2D eigenvalue weighted by Crippen LogP contribution is -1.74. The van der Waals surface area contributed by atoms with Crippen LogP contribution in [0.2, 0.25) is 0 Å². The molecule has 0 spiro atoms. The van der Waals surface area contributed by atoms with E-state index < -0.39 is 11.4 Å². The van der Waals surface area contributed by atoms with Gasteiger partial charge in [-0.2, -0.15) is 4.21 Å². The van der Waals surface area contributed by atoms with Gasteiger partial charge in [0.05, 0.1) is 0 Å². The van der Waals surface area contributed by atoms with E-state index in [0.717, 1.165) is 0 Å². The fraction of sp³-hybridized carbons (Fsp3) is 0. The Hall–Kier alpha value is -0.330. The fourth-order valence-electron chi connectivity index (χ4n) is 0. The maximum atomic E-state index is 10.2. The van der Waals surface area contributed by atoms with Crippen LogP contribution >= 0.6 is 0 Å². The Morgan fingerprint density at radius 3 is 1.38 bits per heavy atom. The minimum Gasteiger partial charge on any atom is -0.284 e. The SMILES string of the molecule is FC=CF.O=S(O)O. The molecule has 6 heteroatoms. The second kappa shape index (κ2) is 9.83. The third kappa shape index (κ3) is 275. The first kappa shape index (κ1) is 10.6. The molecule has 0 aliphatic carbocycles. The molecule has 0 amide bonds. The van der Waals surface area contributed by atoms with Gasteiger partial charge >= 0.3 is 0 Å². The molecule has 0 rings (SSSR count). The van der Waals surface area contributed by atoms with Crippen molar-refractivity contribution in [1.29, 1.82) is 0 Å². The van der Waals surface area contributed by atoms with Gasteiger partial charge < -0.3 is 0 Å². The van der Waals surface area contributed by atoms with E-state index >= 15 is 0 Å². The van der Waals surface area contributed by atoms with Gasteiger partial charge in [0.15, 0.2) is 0 Å². The Balaban J connectivity index is 0. The van der Waals surface area contributed by atoms with Gasteiger partial charge in [0.2, 0.25) is 0 Å². The van der Waals surface area contributed by atoms with Crippen LogP contribution in [0.4, 0.5) is 8.78 Å². The Morgan fingerprint density at radius 1 is 1.25 bits per heavy atom. The van der Waals surface area contributed by atoms with Gasteiger partial charge in [-0.25, -0.2) is 8.78 Å². The van der Waals surface area contributed by atoms with Crippen LogP contribution in [0, 0.1) is 0 Å². The predicted octanol–water partition coefficient (Wildman–Crippen LogP) is 1.08. The molecule has 0 aromatic carbocycles. The van der Waals surface area contributed by atoms with Crippen molar-refractivity contribution in [3.05, 3.63) is 12.7 Å². The minimum atomic E-state index is -2.61. The van der Waals surface area contributed by atoms with Gasteiger partial charge in [0.1, 0.15) is 12.7 Å². The average molecular weight is 146 g/mol. The van der Waals surface area contributed by atoms with E-state index in [1.807, 2.05) is 0 Å². The topological polar surface area (TPSA) is 57.5 Å². The first-order valence-electron chi connectivity index (χ1n) is 1.30. The zero-order valence-electron chi connectivity index (χ0n) is 3.62. The minimum absolute atomic E-state index is 0.167. The monoisotopic (exact) mass is 146 g/mol. The van der Waals surface area contributed by atoms with Crippen molar-refractivity contribution in [2.75, 3.05) is 0 Å². The van der Waals surface area contributed by atoms with E-state index in [0.29, 0.717) is 0 Å². The van der Waals surface area contributed by atoms with E-state index in [4.69, 9.17) is 13.3 Å². The van der Waals surface area contributed by atoms with E-state index in [1.165, 1.54) is 0 Å². The zero-order valence-corrected chi connectivity index (χ0v) is 4.44. The Morgan fingerprint density at radius 2 is 1.38 bits per heavy atom. The van der Waals surface area contributed by atoms with Crippen molar-refractivity contribution >= 4 is 11.4 Å². The Bertz CT molecular complexity index is 75.4. The van der Waals surface area contributed by atoms with Crippen molar-refractivity contribution in [3.63, 3.8) is 0 Å². The Labute approximate surface area is 47.1 Å². The highest BCUT2D eigenvalue weighted by Crippen LogP contribution is 1.67. The molecule has 3 nitrogen and oxygen atoms in total. The molecule has 0 saturated heterocycles. The molecular formula is C2H4F2O3S. The number of halogens is 2. The molecule has 0 atom stereocenters. The van der Waals surface area contributed by atoms with E-state index in [1.54, 1.807) is 0 Å². The van der Waals surface area contributed by atoms with Gasteiger partial charge in [0, 0.05) is 0 Å². The summed E-state index contributed by atoms with van der Waals surface area (Å²) in [5, 5.41) is 0. The Kier molecular flexibility index (Phi) is 13.0. The van der Waals surface area contributed by atoms with Gasteiger partial charge in [0.25, 0.3) is 11.4 Å². The van der Waals surface area contributed by atoms with Crippen LogP contribution in [0.5, 0.6) is 0 Å². The summed E-state index contributed by atoms with van der Waals surface area (Å²) in [6.07, 6.45) is -0.333. The van der Waals surface area contributed by atoms with E-state index in [2.05, 4.69) is 0 Å². The predicted molar refractivity (Wildman–Crippen MR) is 24.8 cm³/mol. The molecule has 0 fully saturated rings. The average Bonchev–Trinajstić information content (AvgIpc) is 1.65. The molecule has 0 aliphatic heterocycles. The molecular weight excluding hydrogens is 142 g/mol.